The highest BCUT2D eigenvalue weighted by atomic mass is 19.2. The monoisotopic (exact) mass is 291 g/mol. The van der Waals surface area contributed by atoms with Gasteiger partial charge in [-0.3, -0.25) is 0 Å². The van der Waals surface area contributed by atoms with Gasteiger partial charge in [-0.25, -0.2) is 13.2 Å². The van der Waals surface area contributed by atoms with Crippen molar-refractivity contribution in [3.05, 3.63) is 65.0 Å². The summed E-state index contributed by atoms with van der Waals surface area (Å²) in [5.41, 5.74) is 2.81. The first-order valence-electron chi connectivity index (χ1n) is 7.00. The van der Waals surface area contributed by atoms with Crippen LogP contribution in [0.1, 0.15) is 29.9 Å². The minimum atomic E-state index is -1.42. The highest BCUT2D eigenvalue weighted by Gasteiger charge is 2.30. The molecular formula is C17H16F3N. The Morgan fingerprint density at radius 2 is 1.67 bits per heavy atom. The van der Waals surface area contributed by atoms with Gasteiger partial charge < -0.3 is 5.32 Å². The van der Waals surface area contributed by atoms with Crippen LogP contribution in [0.15, 0.2) is 36.4 Å². The van der Waals surface area contributed by atoms with Crippen molar-refractivity contribution >= 4 is 5.69 Å². The molecule has 0 saturated heterocycles. The van der Waals surface area contributed by atoms with Crippen LogP contribution in [0.5, 0.6) is 0 Å². The Balaban J connectivity index is 1.62. The first kappa shape index (κ1) is 14.0. The molecule has 1 N–H and O–H groups in total. The molecular weight excluding hydrogens is 275 g/mol. The molecule has 3 rings (SSSR count). The molecule has 0 heterocycles. The van der Waals surface area contributed by atoms with Gasteiger partial charge in [0.25, 0.3) is 0 Å². The van der Waals surface area contributed by atoms with E-state index < -0.39 is 17.5 Å². The Hall–Kier alpha value is -1.97. The van der Waals surface area contributed by atoms with E-state index in [0.717, 1.165) is 25.0 Å². The molecule has 2 aromatic rings. The third-order valence-electron chi connectivity index (χ3n) is 4.01. The molecule has 4 heteroatoms. The summed E-state index contributed by atoms with van der Waals surface area (Å²) in [4.78, 5) is 0. The summed E-state index contributed by atoms with van der Waals surface area (Å²) in [6.07, 6.45) is 1.81. The average Bonchev–Trinajstić information content (AvgIpc) is 2.39. The summed E-state index contributed by atoms with van der Waals surface area (Å²) in [7, 11) is 0. The number of halogens is 3. The second kappa shape index (κ2) is 5.43. The van der Waals surface area contributed by atoms with Crippen LogP contribution in [0.25, 0.3) is 0 Å². The lowest BCUT2D eigenvalue weighted by atomic mass is 9.75. The zero-order chi connectivity index (χ0) is 15.0. The summed E-state index contributed by atoms with van der Waals surface area (Å²) < 4.78 is 39.2. The summed E-state index contributed by atoms with van der Waals surface area (Å²) in [5.74, 6) is -3.27. The van der Waals surface area contributed by atoms with E-state index in [9.17, 15) is 13.2 Å². The van der Waals surface area contributed by atoms with Gasteiger partial charge in [0.2, 0.25) is 0 Å². The summed E-state index contributed by atoms with van der Waals surface area (Å²) in [6, 6.07) is 10.5. The SMILES string of the molecule is Cc1cccc(C2CC(Nc3cc(F)c(F)c(F)c3)C2)c1. The van der Waals surface area contributed by atoms with Crippen LogP contribution in [0.4, 0.5) is 18.9 Å². The molecule has 0 aromatic heterocycles. The topological polar surface area (TPSA) is 12.0 Å². The smallest absolute Gasteiger partial charge is 0.194 e. The van der Waals surface area contributed by atoms with E-state index in [4.69, 9.17) is 0 Å². The van der Waals surface area contributed by atoms with Gasteiger partial charge in [0.15, 0.2) is 17.5 Å². The van der Waals surface area contributed by atoms with Gasteiger partial charge >= 0.3 is 0 Å². The van der Waals surface area contributed by atoms with E-state index >= 15 is 0 Å². The maximum atomic E-state index is 13.1. The Labute approximate surface area is 121 Å². The fourth-order valence-corrected chi connectivity index (χ4v) is 2.81. The first-order valence-corrected chi connectivity index (χ1v) is 7.00. The molecule has 1 aliphatic carbocycles. The molecule has 1 fully saturated rings. The molecule has 1 nitrogen and oxygen atoms in total. The lowest BCUT2D eigenvalue weighted by Crippen LogP contribution is -2.34. The van der Waals surface area contributed by atoms with Crippen molar-refractivity contribution in [2.24, 2.45) is 0 Å². The van der Waals surface area contributed by atoms with Crippen LogP contribution in [0.2, 0.25) is 0 Å². The van der Waals surface area contributed by atoms with Crippen molar-refractivity contribution in [1.29, 1.82) is 0 Å². The summed E-state index contributed by atoms with van der Waals surface area (Å²) >= 11 is 0. The Morgan fingerprint density at radius 3 is 2.29 bits per heavy atom. The molecule has 0 spiro atoms. The van der Waals surface area contributed by atoms with Crippen LogP contribution >= 0.6 is 0 Å². The standard InChI is InChI=1S/C17H16F3N/c1-10-3-2-4-11(5-10)12-6-13(7-12)21-14-8-15(18)17(20)16(19)9-14/h2-5,8-9,12-13,21H,6-7H2,1H3. The third-order valence-corrected chi connectivity index (χ3v) is 4.01. The van der Waals surface area contributed by atoms with Gasteiger partial charge in [0.05, 0.1) is 0 Å². The second-order valence-corrected chi connectivity index (χ2v) is 5.68. The van der Waals surface area contributed by atoms with E-state index in [1.165, 1.54) is 11.1 Å². The molecule has 0 aliphatic heterocycles. The Bertz CT molecular complexity index is 640. The van der Waals surface area contributed by atoms with Crippen molar-refractivity contribution in [2.75, 3.05) is 5.32 Å². The Kier molecular flexibility index (Phi) is 3.62. The number of hydrogen-bond donors (Lipinski definition) is 1. The molecule has 21 heavy (non-hydrogen) atoms. The van der Waals surface area contributed by atoms with Crippen LogP contribution in [0, 0.1) is 24.4 Å². The van der Waals surface area contributed by atoms with Gasteiger partial charge in [0.1, 0.15) is 0 Å². The quantitative estimate of drug-likeness (QED) is 0.803. The molecule has 0 amide bonds. The van der Waals surface area contributed by atoms with Crippen LogP contribution in [-0.2, 0) is 0 Å². The molecule has 1 saturated carbocycles. The summed E-state index contributed by atoms with van der Waals surface area (Å²) in [6.45, 7) is 2.06. The molecule has 2 aromatic carbocycles. The van der Waals surface area contributed by atoms with Gasteiger partial charge in [-0.1, -0.05) is 29.8 Å². The zero-order valence-corrected chi connectivity index (χ0v) is 11.7. The maximum absolute atomic E-state index is 13.1. The van der Waals surface area contributed by atoms with Crippen molar-refractivity contribution in [3.63, 3.8) is 0 Å². The number of aryl methyl sites for hydroxylation is 1. The minimum absolute atomic E-state index is 0.166. The minimum Gasteiger partial charge on any atom is -0.382 e. The Morgan fingerprint density at radius 1 is 1.00 bits per heavy atom. The van der Waals surface area contributed by atoms with Gasteiger partial charge in [-0.15, -0.1) is 0 Å². The fraction of sp³-hybridized carbons (Fsp3) is 0.294. The van der Waals surface area contributed by atoms with E-state index in [2.05, 4.69) is 30.4 Å². The molecule has 0 unspecified atom stereocenters. The lowest BCUT2D eigenvalue weighted by molar-refractivity contribution is 0.373. The summed E-state index contributed by atoms with van der Waals surface area (Å²) in [5, 5.41) is 3.05. The van der Waals surface area contributed by atoms with E-state index in [-0.39, 0.29) is 6.04 Å². The van der Waals surface area contributed by atoms with E-state index in [1.54, 1.807) is 0 Å². The van der Waals surface area contributed by atoms with Crippen LogP contribution in [-0.4, -0.2) is 6.04 Å². The number of rotatable bonds is 3. The van der Waals surface area contributed by atoms with Gasteiger partial charge in [-0.2, -0.15) is 0 Å². The van der Waals surface area contributed by atoms with Gasteiger partial charge in [0, 0.05) is 23.9 Å². The molecule has 0 bridgehead atoms. The lowest BCUT2D eigenvalue weighted by Gasteiger charge is -2.37. The van der Waals surface area contributed by atoms with Gasteiger partial charge in [-0.05, 0) is 31.2 Å². The third kappa shape index (κ3) is 2.89. The maximum Gasteiger partial charge on any atom is 0.194 e. The molecule has 110 valence electrons. The first-order chi connectivity index (χ1) is 10.0. The molecule has 0 atom stereocenters. The predicted molar refractivity (Wildman–Crippen MR) is 76.9 cm³/mol. The number of benzene rings is 2. The number of anilines is 1. The normalized spacial score (nSPS) is 21.0. The van der Waals surface area contributed by atoms with Crippen molar-refractivity contribution in [1.82, 2.24) is 0 Å². The highest BCUT2D eigenvalue weighted by molar-refractivity contribution is 5.46. The van der Waals surface area contributed by atoms with Crippen molar-refractivity contribution in [3.8, 4) is 0 Å². The van der Waals surface area contributed by atoms with Crippen molar-refractivity contribution < 1.29 is 13.2 Å². The second-order valence-electron chi connectivity index (χ2n) is 5.68. The molecule has 1 aliphatic rings. The number of nitrogens with one attached hydrogen (secondary N) is 1. The average molecular weight is 291 g/mol. The van der Waals surface area contributed by atoms with Crippen LogP contribution in [0.3, 0.4) is 0 Å². The molecule has 0 radical (unpaired) electrons. The van der Waals surface area contributed by atoms with E-state index in [0.29, 0.717) is 11.6 Å². The number of hydrogen-bond acceptors (Lipinski definition) is 1. The van der Waals surface area contributed by atoms with Crippen molar-refractivity contribution in [2.45, 2.75) is 31.7 Å². The van der Waals surface area contributed by atoms with Crippen LogP contribution < -0.4 is 5.32 Å². The largest absolute Gasteiger partial charge is 0.382 e. The zero-order valence-electron chi connectivity index (χ0n) is 11.7. The highest BCUT2D eigenvalue weighted by Crippen LogP contribution is 2.38. The van der Waals surface area contributed by atoms with E-state index in [1.807, 2.05) is 6.07 Å². The fourth-order valence-electron chi connectivity index (χ4n) is 2.81. The predicted octanol–water partition coefficient (Wildman–Crippen LogP) is 4.77.